The van der Waals surface area contributed by atoms with Gasteiger partial charge in [-0.2, -0.15) is 0 Å². The summed E-state index contributed by atoms with van der Waals surface area (Å²) >= 11 is 0. The molecule has 2 rings (SSSR count). The van der Waals surface area contributed by atoms with E-state index in [1.807, 2.05) is 0 Å². The molecule has 96 valence electrons. The van der Waals surface area contributed by atoms with Crippen LogP contribution < -0.4 is 10.2 Å². The molecule has 0 spiro atoms. The van der Waals surface area contributed by atoms with E-state index in [0.717, 1.165) is 25.2 Å². The van der Waals surface area contributed by atoms with Crippen LogP contribution in [0.25, 0.3) is 0 Å². The highest BCUT2D eigenvalue weighted by molar-refractivity contribution is 5.88. The molecule has 18 heavy (non-hydrogen) atoms. The van der Waals surface area contributed by atoms with Crippen LogP contribution in [0.4, 0.5) is 5.69 Å². The maximum atomic E-state index is 11.0. The summed E-state index contributed by atoms with van der Waals surface area (Å²) in [4.78, 5) is 23.9. The van der Waals surface area contributed by atoms with Crippen molar-refractivity contribution in [3.8, 4) is 0 Å². The third-order valence-electron chi connectivity index (χ3n) is 3.08. The highest BCUT2D eigenvalue weighted by atomic mass is 16.4. The zero-order chi connectivity index (χ0) is 13.1. The van der Waals surface area contributed by atoms with E-state index in [1.165, 1.54) is 6.92 Å². The molecule has 0 radical (unpaired) electrons. The molecule has 0 bridgehead atoms. The molecule has 1 heterocycles. The summed E-state index contributed by atoms with van der Waals surface area (Å²) in [5.41, 5.74) is 1.28. The van der Waals surface area contributed by atoms with Crippen molar-refractivity contribution >= 4 is 17.6 Å². The monoisotopic (exact) mass is 248 g/mol. The van der Waals surface area contributed by atoms with E-state index in [0.29, 0.717) is 0 Å². The Morgan fingerprint density at radius 1 is 1.33 bits per heavy atom. The number of hydrogen-bond donors (Lipinski definition) is 2. The van der Waals surface area contributed by atoms with Gasteiger partial charge in [0.15, 0.2) is 0 Å². The minimum atomic E-state index is -0.918. The third-order valence-corrected chi connectivity index (χ3v) is 3.08. The highest BCUT2D eigenvalue weighted by Gasteiger charge is 2.23. The second-order valence-electron chi connectivity index (χ2n) is 4.48. The van der Waals surface area contributed by atoms with Crippen molar-refractivity contribution in [2.75, 3.05) is 18.0 Å². The van der Waals surface area contributed by atoms with Crippen LogP contribution in [0.2, 0.25) is 0 Å². The lowest BCUT2D eigenvalue weighted by Gasteiger charge is -2.18. The first-order valence-electron chi connectivity index (χ1n) is 5.91. The summed E-state index contributed by atoms with van der Waals surface area (Å²) in [6.45, 7) is 3.16. The minimum Gasteiger partial charge on any atom is -0.478 e. The van der Waals surface area contributed by atoms with Crippen LogP contribution >= 0.6 is 0 Å². The van der Waals surface area contributed by atoms with Crippen LogP contribution in [0, 0.1) is 0 Å². The van der Waals surface area contributed by atoms with E-state index < -0.39 is 5.97 Å². The average Bonchev–Trinajstić information content (AvgIpc) is 2.76. The van der Waals surface area contributed by atoms with Gasteiger partial charge in [-0.05, 0) is 30.7 Å². The maximum Gasteiger partial charge on any atom is 0.335 e. The Morgan fingerprint density at radius 2 is 2.00 bits per heavy atom. The molecule has 2 N–H and O–H groups in total. The van der Waals surface area contributed by atoms with Gasteiger partial charge in [-0.25, -0.2) is 4.79 Å². The molecule has 1 aliphatic rings. The lowest BCUT2D eigenvalue weighted by molar-refractivity contribution is -0.119. The second-order valence-corrected chi connectivity index (χ2v) is 4.48. The number of rotatable bonds is 3. The van der Waals surface area contributed by atoms with Gasteiger partial charge in [0.1, 0.15) is 0 Å². The smallest absolute Gasteiger partial charge is 0.335 e. The van der Waals surface area contributed by atoms with Gasteiger partial charge in [0, 0.05) is 31.7 Å². The molecular formula is C13H16N2O3. The van der Waals surface area contributed by atoms with Crippen LogP contribution in [0.3, 0.4) is 0 Å². The number of carbonyl (C=O) groups excluding carboxylic acids is 1. The maximum absolute atomic E-state index is 11.0. The number of anilines is 1. The van der Waals surface area contributed by atoms with Crippen molar-refractivity contribution in [1.82, 2.24) is 5.32 Å². The van der Waals surface area contributed by atoms with Gasteiger partial charge in [-0.1, -0.05) is 0 Å². The average molecular weight is 248 g/mol. The number of carboxylic acids is 1. The SMILES string of the molecule is CC(=O)NC1CCN(c2ccc(C(=O)O)cc2)C1. The van der Waals surface area contributed by atoms with Gasteiger partial charge in [0.05, 0.1) is 5.56 Å². The van der Waals surface area contributed by atoms with Crippen LogP contribution in [-0.4, -0.2) is 36.1 Å². The van der Waals surface area contributed by atoms with Crippen LogP contribution in [-0.2, 0) is 4.79 Å². The fourth-order valence-electron chi connectivity index (χ4n) is 2.21. The number of hydrogen-bond acceptors (Lipinski definition) is 3. The fraction of sp³-hybridized carbons (Fsp3) is 0.385. The summed E-state index contributed by atoms with van der Waals surface area (Å²) in [7, 11) is 0. The molecule has 5 heteroatoms. The van der Waals surface area contributed by atoms with Crippen molar-refractivity contribution in [3.63, 3.8) is 0 Å². The van der Waals surface area contributed by atoms with E-state index >= 15 is 0 Å². The Bertz CT molecular complexity index is 456. The minimum absolute atomic E-state index is 0.0110. The van der Waals surface area contributed by atoms with Crippen molar-refractivity contribution in [2.24, 2.45) is 0 Å². The van der Waals surface area contributed by atoms with Crippen molar-refractivity contribution < 1.29 is 14.7 Å². The summed E-state index contributed by atoms with van der Waals surface area (Å²) < 4.78 is 0. The molecule has 1 aliphatic heterocycles. The Kier molecular flexibility index (Phi) is 3.50. The fourth-order valence-corrected chi connectivity index (χ4v) is 2.21. The Labute approximate surface area is 105 Å². The van der Waals surface area contributed by atoms with E-state index in [4.69, 9.17) is 5.11 Å². The number of nitrogens with one attached hydrogen (secondary N) is 1. The second kappa shape index (κ2) is 5.08. The molecule has 1 aromatic carbocycles. The van der Waals surface area contributed by atoms with Gasteiger partial charge in [0.25, 0.3) is 0 Å². The van der Waals surface area contributed by atoms with Crippen molar-refractivity contribution in [3.05, 3.63) is 29.8 Å². The Balaban J connectivity index is 2.01. The lowest BCUT2D eigenvalue weighted by Crippen LogP contribution is -2.35. The number of carboxylic acid groups (broad SMARTS) is 1. The first kappa shape index (κ1) is 12.4. The molecule has 1 atom stereocenters. The summed E-state index contributed by atoms with van der Waals surface area (Å²) in [5, 5.41) is 11.7. The third kappa shape index (κ3) is 2.80. The summed E-state index contributed by atoms with van der Waals surface area (Å²) in [6.07, 6.45) is 0.917. The molecule has 0 aliphatic carbocycles. The van der Waals surface area contributed by atoms with E-state index in [-0.39, 0.29) is 17.5 Å². The van der Waals surface area contributed by atoms with Crippen molar-refractivity contribution in [1.29, 1.82) is 0 Å². The number of benzene rings is 1. The zero-order valence-corrected chi connectivity index (χ0v) is 10.2. The molecular weight excluding hydrogens is 232 g/mol. The van der Waals surface area contributed by atoms with E-state index in [1.54, 1.807) is 24.3 Å². The van der Waals surface area contributed by atoms with E-state index in [9.17, 15) is 9.59 Å². The predicted octanol–water partition coefficient (Wildman–Crippen LogP) is 1.10. The largest absolute Gasteiger partial charge is 0.478 e. The van der Waals surface area contributed by atoms with Gasteiger partial charge in [-0.3, -0.25) is 4.79 Å². The predicted molar refractivity (Wildman–Crippen MR) is 67.8 cm³/mol. The quantitative estimate of drug-likeness (QED) is 0.840. The van der Waals surface area contributed by atoms with Crippen LogP contribution in [0.1, 0.15) is 23.7 Å². The molecule has 1 saturated heterocycles. The number of aromatic carboxylic acids is 1. The van der Waals surface area contributed by atoms with E-state index in [2.05, 4.69) is 10.2 Å². The van der Waals surface area contributed by atoms with Gasteiger partial charge in [-0.15, -0.1) is 0 Å². The highest BCUT2D eigenvalue weighted by Crippen LogP contribution is 2.20. The molecule has 1 amide bonds. The Hall–Kier alpha value is -2.04. The van der Waals surface area contributed by atoms with Crippen LogP contribution in [0.15, 0.2) is 24.3 Å². The van der Waals surface area contributed by atoms with Crippen LogP contribution in [0.5, 0.6) is 0 Å². The molecule has 0 aromatic heterocycles. The Morgan fingerprint density at radius 3 is 2.56 bits per heavy atom. The summed E-state index contributed by atoms with van der Waals surface area (Å²) in [5.74, 6) is -0.929. The molecule has 1 unspecified atom stereocenters. The zero-order valence-electron chi connectivity index (χ0n) is 10.2. The first-order chi connectivity index (χ1) is 8.56. The number of carbonyl (C=O) groups is 2. The van der Waals surface area contributed by atoms with Gasteiger partial charge < -0.3 is 15.3 Å². The normalized spacial score (nSPS) is 18.7. The van der Waals surface area contributed by atoms with Gasteiger partial charge >= 0.3 is 5.97 Å². The molecule has 1 fully saturated rings. The summed E-state index contributed by atoms with van der Waals surface area (Å²) in [6, 6.07) is 6.99. The number of nitrogens with zero attached hydrogens (tertiary/aromatic N) is 1. The van der Waals surface area contributed by atoms with Crippen molar-refractivity contribution in [2.45, 2.75) is 19.4 Å². The first-order valence-corrected chi connectivity index (χ1v) is 5.91. The lowest BCUT2D eigenvalue weighted by atomic mass is 10.2. The molecule has 0 saturated carbocycles. The topological polar surface area (TPSA) is 69.6 Å². The number of amides is 1. The standard InChI is InChI=1S/C13H16N2O3/c1-9(16)14-11-6-7-15(8-11)12-4-2-10(3-5-12)13(17)18/h2-5,11H,6-8H2,1H3,(H,14,16)(H,17,18). The van der Waals surface area contributed by atoms with Gasteiger partial charge in [0.2, 0.25) is 5.91 Å². The molecule has 1 aromatic rings. The molecule has 5 nitrogen and oxygen atoms in total.